The number of halogens is 1. The summed E-state index contributed by atoms with van der Waals surface area (Å²) in [7, 11) is 1.66. The smallest absolute Gasteiger partial charge is 0.410 e. The number of hydrogen-bond donors (Lipinski definition) is 0. The molecule has 1 aromatic rings. The number of methoxy groups -OCH3 is 1. The summed E-state index contributed by atoms with van der Waals surface area (Å²) < 4.78 is 25.9. The topological polar surface area (TPSA) is 42.0 Å². The van der Waals surface area contributed by atoms with E-state index in [4.69, 9.17) is 9.47 Å². The molecule has 0 N–H and O–H groups in total. The molecule has 0 radical (unpaired) electrons. The lowest BCUT2D eigenvalue weighted by Gasteiger charge is -2.41. The highest BCUT2D eigenvalue weighted by molar-refractivity contribution is 5.73. The summed E-state index contributed by atoms with van der Waals surface area (Å²) in [6.45, 7) is 14.0. The Hall–Kier alpha value is -2.08. The number of anilines is 1. The largest absolute Gasteiger partial charge is 0.444 e. The molecule has 1 spiro atoms. The van der Waals surface area contributed by atoms with Crippen LogP contribution in [-0.4, -0.2) is 49.9 Å². The lowest BCUT2D eigenvalue weighted by atomic mass is 9.72. The van der Waals surface area contributed by atoms with Gasteiger partial charge in [-0.25, -0.2) is 9.18 Å². The molecular formula is C22H31FN2O3. The van der Waals surface area contributed by atoms with E-state index < -0.39 is 11.0 Å². The summed E-state index contributed by atoms with van der Waals surface area (Å²) in [5.41, 5.74) is 2.35. The molecule has 0 atom stereocenters. The molecule has 0 unspecified atom stereocenters. The van der Waals surface area contributed by atoms with Crippen LogP contribution in [0.3, 0.4) is 0 Å². The fourth-order valence-electron chi connectivity index (χ4n) is 4.33. The zero-order chi connectivity index (χ0) is 20.7. The van der Waals surface area contributed by atoms with E-state index in [1.54, 1.807) is 18.1 Å². The minimum atomic E-state index is -0.531. The van der Waals surface area contributed by atoms with Gasteiger partial charge in [-0.15, -0.1) is 0 Å². The summed E-state index contributed by atoms with van der Waals surface area (Å²) in [6, 6.07) is 3.61. The Morgan fingerprint density at radius 3 is 2.50 bits per heavy atom. The van der Waals surface area contributed by atoms with Crippen molar-refractivity contribution < 1.29 is 18.7 Å². The zero-order valence-corrected chi connectivity index (χ0v) is 17.6. The third kappa shape index (κ3) is 3.62. The lowest BCUT2D eigenvalue weighted by Crippen LogP contribution is -2.47. The quantitative estimate of drug-likeness (QED) is 0.768. The predicted octanol–water partition coefficient (Wildman–Crippen LogP) is 4.38. The van der Waals surface area contributed by atoms with Gasteiger partial charge in [0, 0.05) is 49.1 Å². The maximum Gasteiger partial charge on any atom is 0.410 e. The number of rotatable bonds is 3. The van der Waals surface area contributed by atoms with Crippen LogP contribution in [0.15, 0.2) is 24.4 Å². The van der Waals surface area contributed by atoms with Crippen molar-refractivity contribution in [2.45, 2.75) is 51.6 Å². The maximum atomic E-state index is 15.1. The number of nitrogens with zero attached hydrogens (tertiary/aromatic N) is 2. The summed E-state index contributed by atoms with van der Waals surface area (Å²) in [6.07, 6.45) is 0.940. The molecule has 0 saturated carbocycles. The molecule has 1 saturated heterocycles. The van der Waals surface area contributed by atoms with E-state index >= 15 is 4.39 Å². The number of likely N-dealkylation sites (tertiary alicyclic amines) is 1. The Balaban J connectivity index is 1.89. The molecule has 3 rings (SSSR count). The first kappa shape index (κ1) is 20.6. The second-order valence-corrected chi connectivity index (χ2v) is 8.78. The van der Waals surface area contributed by atoms with Crippen molar-refractivity contribution in [1.82, 2.24) is 4.90 Å². The Kier molecular flexibility index (Phi) is 5.45. The van der Waals surface area contributed by atoms with Gasteiger partial charge >= 0.3 is 6.09 Å². The van der Waals surface area contributed by atoms with E-state index in [-0.39, 0.29) is 11.9 Å². The van der Waals surface area contributed by atoms with E-state index in [0.717, 1.165) is 16.9 Å². The fraction of sp³-hybridized carbons (Fsp3) is 0.591. The van der Waals surface area contributed by atoms with Crippen molar-refractivity contribution in [2.24, 2.45) is 0 Å². The second kappa shape index (κ2) is 7.39. The van der Waals surface area contributed by atoms with Crippen LogP contribution in [0.1, 0.15) is 44.7 Å². The first-order chi connectivity index (χ1) is 13.1. The minimum Gasteiger partial charge on any atom is -0.444 e. The minimum absolute atomic E-state index is 0.193. The van der Waals surface area contributed by atoms with Crippen molar-refractivity contribution in [3.63, 3.8) is 0 Å². The van der Waals surface area contributed by atoms with Crippen LogP contribution in [0.2, 0.25) is 0 Å². The van der Waals surface area contributed by atoms with Crippen LogP contribution < -0.4 is 4.90 Å². The summed E-state index contributed by atoms with van der Waals surface area (Å²) in [4.78, 5) is 16.2. The highest BCUT2D eigenvalue weighted by Gasteiger charge is 2.50. The molecule has 0 aliphatic carbocycles. The highest BCUT2D eigenvalue weighted by atomic mass is 19.1. The Morgan fingerprint density at radius 2 is 1.93 bits per heavy atom. The van der Waals surface area contributed by atoms with Gasteiger partial charge in [-0.05, 0) is 58.2 Å². The normalized spacial score (nSPS) is 18.6. The van der Waals surface area contributed by atoms with Gasteiger partial charge in [0.2, 0.25) is 0 Å². The van der Waals surface area contributed by atoms with Crippen LogP contribution in [0.5, 0.6) is 0 Å². The number of fused-ring (bicyclic) bond motifs is 2. The molecule has 1 fully saturated rings. The molecule has 0 aromatic heterocycles. The number of allylic oxidation sites excluding steroid dienone is 1. The molecule has 2 heterocycles. The lowest BCUT2D eigenvalue weighted by molar-refractivity contribution is 0.0179. The number of amides is 1. The number of benzene rings is 1. The van der Waals surface area contributed by atoms with E-state index in [0.29, 0.717) is 44.6 Å². The van der Waals surface area contributed by atoms with Gasteiger partial charge in [0.1, 0.15) is 11.4 Å². The van der Waals surface area contributed by atoms with Crippen molar-refractivity contribution in [2.75, 3.05) is 38.3 Å². The first-order valence-electron chi connectivity index (χ1n) is 9.83. The maximum absolute atomic E-state index is 15.1. The van der Waals surface area contributed by atoms with E-state index in [2.05, 4.69) is 11.5 Å². The van der Waals surface area contributed by atoms with E-state index in [1.807, 2.05) is 33.8 Å². The molecular weight excluding hydrogens is 359 g/mol. The molecule has 1 amide bonds. The number of aryl methyl sites for hydroxylation is 1. The van der Waals surface area contributed by atoms with Gasteiger partial charge in [-0.1, -0.05) is 6.58 Å². The monoisotopic (exact) mass is 390 g/mol. The van der Waals surface area contributed by atoms with Crippen molar-refractivity contribution in [1.29, 1.82) is 0 Å². The molecule has 1 aromatic carbocycles. The SMILES string of the molecule is C=C1N(CCOC)c2cc(C)cc(F)c2C12CCN(C(=O)OC(C)(C)C)CC2. The average Bonchev–Trinajstić information content (AvgIpc) is 2.81. The Morgan fingerprint density at radius 1 is 1.29 bits per heavy atom. The van der Waals surface area contributed by atoms with Crippen LogP contribution in [0, 0.1) is 12.7 Å². The first-order valence-corrected chi connectivity index (χ1v) is 9.83. The molecule has 2 aliphatic rings. The summed E-state index contributed by atoms with van der Waals surface area (Å²) in [5, 5.41) is 0. The van der Waals surface area contributed by atoms with Crippen molar-refractivity contribution in [3.8, 4) is 0 Å². The number of hydrogen-bond acceptors (Lipinski definition) is 4. The van der Waals surface area contributed by atoms with Gasteiger partial charge in [-0.3, -0.25) is 0 Å². The summed E-state index contributed by atoms with van der Waals surface area (Å²) in [5.74, 6) is -0.193. The van der Waals surface area contributed by atoms with E-state index in [9.17, 15) is 4.79 Å². The van der Waals surface area contributed by atoms with Crippen LogP contribution in [0.25, 0.3) is 0 Å². The fourth-order valence-corrected chi connectivity index (χ4v) is 4.33. The second-order valence-electron chi connectivity index (χ2n) is 8.78. The Labute approximate surface area is 167 Å². The number of ether oxygens (including phenoxy) is 2. The van der Waals surface area contributed by atoms with Gasteiger partial charge in [-0.2, -0.15) is 0 Å². The van der Waals surface area contributed by atoms with E-state index in [1.165, 1.54) is 0 Å². The molecule has 2 aliphatic heterocycles. The molecule has 5 nitrogen and oxygen atoms in total. The number of piperidine rings is 1. The summed E-state index contributed by atoms with van der Waals surface area (Å²) >= 11 is 0. The third-order valence-corrected chi connectivity index (χ3v) is 5.65. The van der Waals surface area contributed by atoms with Crippen LogP contribution >= 0.6 is 0 Å². The van der Waals surface area contributed by atoms with Gasteiger partial charge in [0.05, 0.1) is 6.61 Å². The third-order valence-electron chi connectivity index (χ3n) is 5.65. The van der Waals surface area contributed by atoms with Crippen LogP contribution in [0.4, 0.5) is 14.9 Å². The van der Waals surface area contributed by atoms with Gasteiger partial charge in [0.25, 0.3) is 0 Å². The number of carbonyl (C=O) groups is 1. The van der Waals surface area contributed by atoms with Crippen molar-refractivity contribution >= 4 is 11.8 Å². The average molecular weight is 390 g/mol. The Bertz CT molecular complexity index is 777. The standard InChI is InChI=1S/C22H31FN2O3/c1-15-13-17(23)19-18(14-15)25(11-12-27-6)16(2)22(19)7-9-24(10-8-22)20(26)28-21(3,4)5/h13-14H,2,7-12H2,1,3-6H3. The molecule has 6 heteroatoms. The van der Waals surface area contributed by atoms with Crippen LogP contribution in [-0.2, 0) is 14.9 Å². The van der Waals surface area contributed by atoms with Gasteiger partial charge in [0.15, 0.2) is 0 Å². The molecule has 154 valence electrons. The highest BCUT2D eigenvalue weighted by Crippen LogP contribution is 2.54. The predicted molar refractivity (Wildman–Crippen MR) is 108 cm³/mol. The zero-order valence-electron chi connectivity index (χ0n) is 17.6. The molecule has 0 bridgehead atoms. The number of carbonyl (C=O) groups excluding carboxylic acids is 1. The van der Waals surface area contributed by atoms with Gasteiger partial charge < -0.3 is 19.3 Å². The van der Waals surface area contributed by atoms with Crippen molar-refractivity contribution in [3.05, 3.63) is 41.4 Å². The molecule has 28 heavy (non-hydrogen) atoms.